The third-order valence-electron chi connectivity index (χ3n) is 8.03. The smallest absolute Gasteiger partial charge is 0.335 e. The van der Waals surface area contributed by atoms with Gasteiger partial charge in [0, 0.05) is 12.0 Å². The first kappa shape index (κ1) is 30.8. The summed E-state index contributed by atoms with van der Waals surface area (Å²) in [5.41, 5.74) is 0.162. The van der Waals surface area contributed by atoms with Crippen LogP contribution >= 0.6 is 0 Å². The molecule has 230 valence electrons. The topological polar surface area (TPSA) is 97.6 Å². The number of nitriles is 1. The van der Waals surface area contributed by atoms with Crippen LogP contribution in [0.3, 0.4) is 0 Å². The van der Waals surface area contributed by atoms with Crippen molar-refractivity contribution < 1.29 is 22.4 Å². The molecule has 1 saturated carbocycles. The summed E-state index contributed by atoms with van der Waals surface area (Å²) in [7, 11) is 6.46. The molecule has 0 spiro atoms. The van der Waals surface area contributed by atoms with Gasteiger partial charge in [-0.25, -0.2) is 18.8 Å². The zero-order chi connectivity index (χ0) is 31.8. The van der Waals surface area contributed by atoms with Crippen molar-refractivity contribution in [2.75, 3.05) is 27.7 Å². The van der Waals surface area contributed by atoms with Crippen molar-refractivity contribution in [2.24, 2.45) is 5.92 Å². The monoisotopic (exact) mass is 606 g/mol. The first-order valence-corrected chi connectivity index (χ1v) is 14.4. The molecule has 0 saturated heterocycles. The minimum atomic E-state index is -4.62. The van der Waals surface area contributed by atoms with Crippen LogP contribution in [0.25, 0.3) is 22.8 Å². The van der Waals surface area contributed by atoms with Gasteiger partial charge in [-0.05, 0) is 81.1 Å². The Hall–Kier alpha value is -4.63. The van der Waals surface area contributed by atoms with E-state index in [0.717, 1.165) is 58.0 Å². The Morgan fingerprint density at radius 3 is 2.34 bits per heavy atom. The van der Waals surface area contributed by atoms with Gasteiger partial charge in [0.1, 0.15) is 5.69 Å². The molecule has 1 amide bonds. The van der Waals surface area contributed by atoms with Crippen molar-refractivity contribution >= 4 is 6.03 Å². The van der Waals surface area contributed by atoms with E-state index in [4.69, 9.17) is 0 Å². The number of carbonyl (C=O) groups is 1. The summed E-state index contributed by atoms with van der Waals surface area (Å²) >= 11 is 0. The maximum absolute atomic E-state index is 14.0. The number of halogens is 3. The SMILES string of the molecule is Cc1c(-c2ccnn2-c2ccc(C#N)cc2)n(C(=O)N[C@H]2CC[C@H](C[N+](C)(C)C)CC2)c(=O)n1-c1cccc(C(F)(F)F)c1. The van der Waals surface area contributed by atoms with Gasteiger partial charge >= 0.3 is 17.9 Å². The first-order chi connectivity index (χ1) is 20.8. The van der Waals surface area contributed by atoms with Gasteiger partial charge in [-0.1, -0.05) is 6.07 Å². The molecule has 1 fully saturated rings. The molecule has 2 heterocycles. The number of rotatable bonds is 6. The minimum Gasteiger partial charge on any atom is -0.335 e. The number of amides is 1. The molecule has 9 nitrogen and oxygen atoms in total. The highest BCUT2D eigenvalue weighted by atomic mass is 19.4. The molecule has 1 aliphatic carbocycles. The molecule has 0 radical (unpaired) electrons. The minimum absolute atomic E-state index is 0.0135. The number of alkyl halides is 3. The summed E-state index contributed by atoms with van der Waals surface area (Å²) in [5.74, 6) is 0.535. The number of imidazole rings is 1. The van der Waals surface area contributed by atoms with E-state index in [-0.39, 0.29) is 23.1 Å². The van der Waals surface area contributed by atoms with Crippen LogP contribution in [0.1, 0.15) is 42.5 Å². The largest absolute Gasteiger partial charge is 0.416 e. The van der Waals surface area contributed by atoms with Crippen molar-refractivity contribution in [2.45, 2.75) is 44.8 Å². The van der Waals surface area contributed by atoms with Crippen LogP contribution in [0.15, 0.2) is 65.6 Å². The summed E-state index contributed by atoms with van der Waals surface area (Å²) in [6, 6.07) is 14.0. The van der Waals surface area contributed by atoms with Gasteiger partial charge < -0.3 is 9.80 Å². The van der Waals surface area contributed by atoms with Crippen LogP contribution in [0.5, 0.6) is 0 Å². The maximum atomic E-state index is 14.0. The van der Waals surface area contributed by atoms with Crippen LogP contribution in [-0.4, -0.2) is 63.2 Å². The van der Waals surface area contributed by atoms with E-state index in [1.165, 1.54) is 23.0 Å². The summed E-state index contributed by atoms with van der Waals surface area (Å²) in [6.07, 6.45) is 0.301. The molecule has 1 N–H and O–H groups in total. The Labute approximate surface area is 253 Å². The highest BCUT2D eigenvalue weighted by Crippen LogP contribution is 2.32. The first-order valence-electron chi connectivity index (χ1n) is 14.4. The maximum Gasteiger partial charge on any atom is 0.416 e. The predicted molar refractivity (Wildman–Crippen MR) is 160 cm³/mol. The van der Waals surface area contributed by atoms with Gasteiger partial charge in [-0.3, -0.25) is 4.57 Å². The number of benzene rings is 2. The highest BCUT2D eigenvalue weighted by Gasteiger charge is 2.33. The average molecular weight is 607 g/mol. The lowest BCUT2D eigenvalue weighted by molar-refractivity contribution is -0.874. The fourth-order valence-electron chi connectivity index (χ4n) is 6.09. The van der Waals surface area contributed by atoms with Crippen molar-refractivity contribution in [3.63, 3.8) is 0 Å². The van der Waals surface area contributed by atoms with E-state index in [1.54, 1.807) is 37.3 Å². The van der Waals surface area contributed by atoms with E-state index in [1.807, 2.05) is 0 Å². The van der Waals surface area contributed by atoms with Crippen molar-refractivity contribution in [1.82, 2.24) is 24.2 Å². The van der Waals surface area contributed by atoms with Gasteiger partial charge in [0.25, 0.3) is 0 Å². The standard InChI is InChI=1S/C32H34F3N7O2/c1-21-29(28-16-17-37-41(28)26-14-10-22(19-36)11-15-26)40(30(43)38-25-12-8-23(9-13-25)20-42(2,3)4)31(44)39(21)27-7-5-6-24(18-27)32(33,34)35/h5-7,10-11,14-18,23,25H,8-9,12-13,20H2,1-4H3/p+1/t23-,25-. The molecule has 0 unspecified atom stereocenters. The van der Waals surface area contributed by atoms with E-state index >= 15 is 0 Å². The third-order valence-corrected chi connectivity index (χ3v) is 8.03. The van der Waals surface area contributed by atoms with Crippen molar-refractivity contribution in [3.8, 4) is 28.8 Å². The Bertz CT molecular complexity index is 1760. The zero-order valence-corrected chi connectivity index (χ0v) is 25.1. The number of hydrogen-bond donors (Lipinski definition) is 1. The Morgan fingerprint density at radius 1 is 1.05 bits per heavy atom. The quantitative estimate of drug-likeness (QED) is 0.293. The van der Waals surface area contributed by atoms with Gasteiger partial charge in [0.15, 0.2) is 0 Å². The molecule has 0 bridgehead atoms. The number of nitrogens with one attached hydrogen (secondary N) is 1. The molecule has 2 aromatic carbocycles. The Balaban J connectivity index is 1.58. The second-order valence-electron chi connectivity index (χ2n) is 12.4. The summed E-state index contributed by atoms with van der Waals surface area (Å²) in [4.78, 5) is 27.9. The van der Waals surface area contributed by atoms with Gasteiger partial charge in [-0.15, -0.1) is 0 Å². The number of nitrogens with zero attached hydrogens (tertiary/aromatic N) is 6. The van der Waals surface area contributed by atoms with E-state index in [0.29, 0.717) is 22.9 Å². The second kappa shape index (κ2) is 11.8. The van der Waals surface area contributed by atoms with E-state index in [9.17, 15) is 28.0 Å². The lowest BCUT2D eigenvalue weighted by atomic mass is 9.85. The number of carbonyl (C=O) groups excluding carboxylic acids is 1. The van der Waals surface area contributed by atoms with E-state index in [2.05, 4.69) is 37.6 Å². The van der Waals surface area contributed by atoms with Crippen molar-refractivity contribution in [3.05, 3.63) is 88.1 Å². The molecule has 44 heavy (non-hydrogen) atoms. The second-order valence-corrected chi connectivity index (χ2v) is 12.4. The third kappa shape index (κ3) is 6.33. The molecule has 5 rings (SSSR count). The highest BCUT2D eigenvalue weighted by molar-refractivity contribution is 5.83. The molecule has 0 aliphatic heterocycles. The molecule has 1 aliphatic rings. The van der Waals surface area contributed by atoms with Crippen LogP contribution < -0.4 is 11.0 Å². The lowest BCUT2D eigenvalue weighted by Crippen LogP contribution is -2.45. The molecule has 0 atom stereocenters. The van der Waals surface area contributed by atoms with Gasteiger partial charge in [0.05, 0.1) is 73.8 Å². The molecular weight excluding hydrogens is 571 g/mol. The number of aromatic nitrogens is 4. The Morgan fingerprint density at radius 2 is 1.73 bits per heavy atom. The molecule has 2 aromatic heterocycles. The Kier molecular flexibility index (Phi) is 8.27. The van der Waals surface area contributed by atoms with Crippen molar-refractivity contribution in [1.29, 1.82) is 5.26 Å². The normalized spacial score (nSPS) is 17.3. The zero-order valence-electron chi connectivity index (χ0n) is 25.1. The van der Waals surface area contributed by atoms with Crippen LogP contribution in [0.2, 0.25) is 0 Å². The summed E-state index contributed by atoms with van der Waals surface area (Å²) in [5, 5.41) is 16.6. The summed E-state index contributed by atoms with van der Waals surface area (Å²) in [6.45, 7) is 2.62. The summed E-state index contributed by atoms with van der Waals surface area (Å²) < 4.78 is 45.3. The van der Waals surface area contributed by atoms with Crippen LogP contribution in [-0.2, 0) is 6.18 Å². The average Bonchev–Trinajstić information content (AvgIpc) is 3.54. The molecular formula is C32H35F3N7O2+. The lowest BCUT2D eigenvalue weighted by Gasteiger charge is -2.34. The van der Waals surface area contributed by atoms with Crippen LogP contribution in [0, 0.1) is 24.2 Å². The molecule has 4 aromatic rings. The fourth-order valence-corrected chi connectivity index (χ4v) is 6.09. The number of hydrogen-bond acceptors (Lipinski definition) is 4. The predicted octanol–water partition coefficient (Wildman–Crippen LogP) is 5.51. The molecule has 12 heteroatoms. The van der Waals surface area contributed by atoms with Gasteiger partial charge in [-0.2, -0.15) is 23.5 Å². The van der Waals surface area contributed by atoms with Crippen LogP contribution in [0.4, 0.5) is 18.0 Å². The number of quaternary nitrogens is 1. The van der Waals surface area contributed by atoms with E-state index < -0.39 is 23.5 Å². The van der Waals surface area contributed by atoms with Gasteiger partial charge in [0.2, 0.25) is 0 Å². The fraction of sp³-hybridized carbons (Fsp3) is 0.375.